The maximum absolute atomic E-state index is 13.0. The first kappa shape index (κ1) is 22.8. The molecule has 2 amide bonds. The lowest BCUT2D eigenvalue weighted by Gasteiger charge is -2.27. The lowest BCUT2D eigenvalue weighted by molar-refractivity contribution is -0.123. The van der Waals surface area contributed by atoms with Gasteiger partial charge in [-0.2, -0.15) is 0 Å². The molecule has 3 atom stereocenters. The van der Waals surface area contributed by atoms with Gasteiger partial charge in [0.1, 0.15) is 6.61 Å². The monoisotopic (exact) mass is 481 g/mol. The number of aryl methyl sites for hydroxylation is 1. The van der Waals surface area contributed by atoms with Gasteiger partial charge >= 0.3 is 6.09 Å². The van der Waals surface area contributed by atoms with Crippen LogP contribution in [-0.4, -0.2) is 37.2 Å². The van der Waals surface area contributed by atoms with Gasteiger partial charge in [-0.15, -0.1) is 0 Å². The van der Waals surface area contributed by atoms with E-state index in [0.29, 0.717) is 13.0 Å². The number of carbonyl (C=O) groups excluding carboxylic acids is 2. The van der Waals surface area contributed by atoms with Crippen LogP contribution in [0.4, 0.5) is 4.79 Å². The van der Waals surface area contributed by atoms with Crippen molar-refractivity contribution in [1.29, 1.82) is 0 Å². The van der Waals surface area contributed by atoms with Crippen molar-refractivity contribution < 1.29 is 14.3 Å². The molecule has 3 aliphatic rings. The van der Waals surface area contributed by atoms with Crippen LogP contribution < -0.4 is 16.0 Å². The van der Waals surface area contributed by atoms with Crippen LogP contribution >= 0.6 is 0 Å². The van der Waals surface area contributed by atoms with Gasteiger partial charge in [0.2, 0.25) is 5.91 Å². The maximum Gasteiger partial charge on any atom is 0.407 e. The van der Waals surface area contributed by atoms with Crippen molar-refractivity contribution in [3.63, 3.8) is 0 Å². The fraction of sp³-hybridized carbons (Fsp3) is 0.333. The number of benzene rings is 3. The van der Waals surface area contributed by atoms with Gasteiger partial charge in [0.05, 0.1) is 12.1 Å². The molecule has 3 N–H and O–H groups in total. The molecule has 184 valence electrons. The van der Waals surface area contributed by atoms with Crippen molar-refractivity contribution in [1.82, 2.24) is 16.0 Å². The second-order valence-corrected chi connectivity index (χ2v) is 10.0. The summed E-state index contributed by atoms with van der Waals surface area (Å²) in [7, 11) is 0. The number of carbonyl (C=O) groups is 2. The number of rotatable bonds is 5. The molecule has 0 spiro atoms. The SMILES string of the molecule is O=C(N[C@@H]1CN[C@H](C(=O)N[C@@H]2CCCc3ccccc32)C1)OCC1c2ccccc2-c2ccccc21. The molecule has 1 saturated heterocycles. The minimum Gasteiger partial charge on any atom is -0.449 e. The Kier molecular flexibility index (Phi) is 6.20. The third kappa shape index (κ3) is 4.37. The van der Waals surface area contributed by atoms with Crippen LogP contribution in [-0.2, 0) is 16.0 Å². The second-order valence-electron chi connectivity index (χ2n) is 10.0. The number of amides is 2. The lowest BCUT2D eigenvalue weighted by atomic mass is 9.87. The number of alkyl carbamates (subject to hydrolysis) is 1. The molecule has 6 nitrogen and oxygen atoms in total. The summed E-state index contributed by atoms with van der Waals surface area (Å²) in [5.41, 5.74) is 7.34. The molecule has 0 bridgehead atoms. The van der Waals surface area contributed by atoms with E-state index < -0.39 is 6.09 Å². The van der Waals surface area contributed by atoms with Crippen molar-refractivity contribution in [2.45, 2.75) is 49.7 Å². The van der Waals surface area contributed by atoms with Gasteiger partial charge in [0, 0.05) is 18.5 Å². The Morgan fingerprint density at radius 3 is 2.28 bits per heavy atom. The zero-order chi connectivity index (χ0) is 24.5. The van der Waals surface area contributed by atoms with E-state index in [2.05, 4.69) is 58.4 Å². The Balaban J connectivity index is 1.02. The van der Waals surface area contributed by atoms with Gasteiger partial charge in [0.25, 0.3) is 0 Å². The van der Waals surface area contributed by atoms with E-state index in [4.69, 9.17) is 4.74 Å². The molecular formula is C30H31N3O3. The summed E-state index contributed by atoms with van der Waals surface area (Å²) in [5.74, 6) is 0.0234. The van der Waals surface area contributed by atoms with E-state index in [1.807, 2.05) is 30.3 Å². The highest BCUT2D eigenvalue weighted by Gasteiger charge is 2.33. The van der Waals surface area contributed by atoms with Crippen LogP contribution in [0.15, 0.2) is 72.8 Å². The average Bonchev–Trinajstić information content (AvgIpc) is 3.50. The second kappa shape index (κ2) is 9.78. The number of nitrogens with one attached hydrogen (secondary N) is 3. The topological polar surface area (TPSA) is 79.5 Å². The third-order valence-corrected chi connectivity index (χ3v) is 7.80. The summed E-state index contributed by atoms with van der Waals surface area (Å²) in [4.78, 5) is 25.6. The van der Waals surface area contributed by atoms with Crippen LogP contribution in [0.25, 0.3) is 11.1 Å². The van der Waals surface area contributed by atoms with Crippen molar-refractivity contribution in [3.8, 4) is 11.1 Å². The highest BCUT2D eigenvalue weighted by Crippen LogP contribution is 2.44. The molecule has 36 heavy (non-hydrogen) atoms. The molecule has 6 heteroatoms. The molecule has 1 heterocycles. The largest absolute Gasteiger partial charge is 0.449 e. The highest BCUT2D eigenvalue weighted by molar-refractivity contribution is 5.83. The molecule has 0 aromatic heterocycles. The van der Waals surface area contributed by atoms with Crippen LogP contribution in [0.5, 0.6) is 0 Å². The zero-order valence-corrected chi connectivity index (χ0v) is 20.2. The molecule has 3 aromatic carbocycles. The highest BCUT2D eigenvalue weighted by atomic mass is 16.5. The van der Waals surface area contributed by atoms with Crippen molar-refractivity contribution in [3.05, 3.63) is 95.1 Å². The van der Waals surface area contributed by atoms with E-state index in [9.17, 15) is 9.59 Å². The smallest absolute Gasteiger partial charge is 0.407 e. The standard InChI is InChI=1S/C30H31N3O3/c34-29(33-27-15-7-9-19-8-1-2-10-21(19)27)28-16-20(17-31-28)32-30(35)36-18-26-24-13-5-3-11-22(24)23-12-4-6-14-25(23)26/h1-6,8,10-14,20,26-28,31H,7,9,15-18H2,(H,32,35)(H,33,34)/t20-,27+,28-/m0/s1. The minimum atomic E-state index is -0.439. The molecule has 0 unspecified atom stereocenters. The van der Waals surface area contributed by atoms with Gasteiger partial charge in [-0.25, -0.2) is 4.79 Å². The summed E-state index contributed by atoms with van der Waals surface area (Å²) < 4.78 is 5.68. The van der Waals surface area contributed by atoms with Gasteiger partial charge in [-0.1, -0.05) is 72.8 Å². The minimum absolute atomic E-state index is 0.00598. The Morgan fingerprint density at radius 1 is 0.861 bits per heavy atom. The molecule has 6 rings (SSSR count). The van der Waals surface area contributed by atoms with Crippen LogP contribution in [0.3, 0.4) is 0 Å². The Morgan fingerprint density at radius 2 is 1.53 bits per heavy atom. The van der Waals surface area contributed by atoms with Gasteiger partial charge < -0.3 is 20.7 Å². The predicted molar refractivity (Wildman–Crippen MR) is 139 cm³/mol. The maximum atomic E-state index is 13.0. The van der Waals surface area contributed by atoms with E-state index in [1.165, 1.54) is 33.4 Å². The van der Waals surface area contributed by atoms with Crippen molar-refractivity contribution >= 4 is 12.0 Å². The van der Waals surface area contributed by atoms with Crippen LogP contribution in [0, 0.1) is 0 Å². The quantitative estimate of drug-likeness (QED) is 0.503. The summed E-state index contributed by atoms with van der Waals surface area (Å²) >= 11 is 0. The number of ether oxygens (including phenoxy) is 1. The summed E-state index contributed by atoms with van der Waals surface area (Å²) in [6, 6.07) is 24.5. The van der Waals surface area contributed by atoms with Crippen LogP contribution in [0.1, 0.15) is 53.5 Å². The summed E-state index contributed by atoms with van der Waals surface area (Å²) in [6.07, 6.45) is 3.20. The van der Waals surface area contributed by atoms with E-state index in [1.54, 1.807) is 0 Å². The Labute approximate surface area is 211 Å². The molecule has 3 aromatic rings. The molecule has 0 radical (unpaired) electrons. The molecule has 0 saturated carbocycles. The van der Waals surface area contributed by atoms with Crippen molar-refractivity contribution in [2.24, 2.45) is 0 Å². The Hall–Kier alpha value is -3.64. The van der Waals surface area contributed by atoms with Crippen LogP contribution in [0.2, 0.25) is 0 Å². The zero-order valence-electron chi connectivity index (χ0n) is 20.2. The third-order valence-electron chi connectivity index (χ3n) is 7.80. The first-order valence-corrected chi connectivity index (χ1v) is 12.9. The first-order valence-electron chi connectivity index (χ1n) is 12.9. The molecule has 2 aliphatic carbocycles. The van der Waals surface area contributed by atoms with Gasteiger partial charge in [-0.3, -0.25) is 4.79 Å². The molecule has 1 fully saturated rings. The average molecular weight is 482 g/mol. The van der Waals surface area contributed by atoms with E-state index in [-0.39, 0.29) is 36.6 Å². The number of fused-ring (bicyclic) bond motifs is 4. The van der Waals surface area contributed by atoms with E-state index >= 15 is 0 Å². The van der Waals surface area contributed by atoms with Gasteiger partial charge in [-0.05, 0) is 59.1 Å². The van der Waals surface area contributed by atoms with Gasteiger partial charge in [0.15, 0.2) is 0 Å². The number of hydrogen-bond acceptors (Lipinski definition) is 4. The summed E-state index contributed by atoms with van der Waals surface area (Å²) in [5, 5.41) is 9.44. The predicted octanol–water partition coefficient (Wildman–Crippen LogP) is 4.45. The Bertz CT molecular complexity index is 1240. The molecular weight excluding hydrogens is 450 g/mol. The fourth-order valence-corrected chi connectivity index (χ4v) is 6.03. The number of hydrogen-bond donors (Lipinski definition) is 3. The molecule has 1 aliphatic heterocycles. The lowest BCUT2D eigenvalue weighted by Crippen LogP contribution is -2.42. The van der Waals surface area contributed by atoms with E-state index in [0.717, 1.165) is 19.3 Å². The van der Waals surface area contributed by atoms with Crippen molar-refractivity contribution in [2.75, 3.05) is 13.2 Å². The first-order chi connectivity index (χ1) is 17.7. The summed E-state index contributed by atoms with van der Waals surface area (Å²) in [6.45, 7) is 0.828. The fourth-order valence-electron chi connectivity index (χ4n) is 6.03. The normalized spacial score (nSPS) is 22.3.